The molecule has 0 aliphatic heterocycles. The second-order valence-corrected chi connectivity index (χ2v) is 6.09. The second-order valence-electron chi connectivity index (χ2n) is 6.09. The third-order valence-electron chi connectivity index (χ3n) is 4.84. The van der Waals surface area contributed by atoms with Crippen molar-refractivity contribution in [3.63, 3.8) is 0 Å². The standard InChI is InChI=1S/C18H24N2O5/c1-5-10-8(3)13(17(22)23)19-15(10)12(7-21)16-11(6-2)9(4)14(20-16)18(24)25/h12,19-21H,5-7H2,1-4H3,(H,22,23)(H,24,25). The predicted octanol–water partition coefficient (Wildman–Crippen LogP) is 2.61. The first-order valence-corrected chi connectivity index (χ1v) is 8.28. The van der Waals surface area contributed by atoms with Gasteiger partial charge in [0.25, 0.3) is 0 Å². The number of aliphatic hydroxyl groups excluding tert-OH is 1. The van der Waals surface area contributed by atoms with Crippen LogP contribution in [0.5, 0.6) is 0 Å². The summed E-state index contributed by atoms with van der Waals surface area (Å²) in [4.78, 5) is 28.7. The normalized spacial score (nSPS) is 11.3. The molecule has 5 N–H and O–H groups in total. The van der Waals surface area contributed by atoms with Crippen LogP contribution >= 0.6 is 0 Å². The largest absolute Gasteiger partial charge is 0.477 e. The number of hydrogen-bond acceptors (Lipinski definition) is 3. The summed E-state index contributed by atoms with van der Waals surface area (Å²) in [6.45, 7) is 7.05. The van der Waals surface area contributed by atoms with Crippen molar-refractivity contribution in [2.75, 3.05) is 6.61 Å². The van der Waals surface area contributed by atoms with Crippen LogP contribution in [0.1, 0.15) is 74.4 Å². The second kappa shape index (κ2) is 7.14. The summed E-state index contributed by atoms with van der Waals surface area (Å²) in [5, 5.41) is 28.7. The Hall–Kier alpha value is -2.54. The molecule has 2 aromatic rings. The SMILES string of the molecule is CCc1c(C(CO)c2[nH]c(C(=O)O)c(C)c2CC)[nH]c(C(=O)O)c1C. The van der Waals surface area contributed by atoms with Crippen LogP contribution in [0.15, 0.2) is 0 Å². The van der Waals surface area contributed by atoms with Crippen molar-refractivity contribution in [2.45, 2.75) is 46.5 Å². The first-order valence-electron chi connectivity index (χ1n) is 8.28. The van der Waals surface area contributed by atoms with Crippen LogP contribution in [0.4, 0.5) is 0 Å². The van der Waals surface area contributed by atoms with Gasteiger partial charge in [-0.15, -0.1) is 0 Å². The molecular weight excluding hydrogens is 324 g/mol. The molecule has 2 heterocycles. The molecule has 25 heavy (non-hydrogen) atoms. The number of carbonyl (C=O) groups is 2. The molecule has 0 spiro atoms. The summed E-state index contributed by atoms with van der Waals surface area (Å²) in [5.74, 6) is -2.65. The van der Waals surface area contributed by atoms with E-state index in [-0.39, 0.29) is 18.0 Å². The van der Waals surface area contributed by atoms with Crippen LogP contribution in [0, 0.1) is 13.8 Å². The minimum atomic E-state index is -1.06. The highest BCUT2D eigenvalue weighted by Gasteiger charge is 2.29. The number of carboxylic acid groups (broad SMARTS) is 2. The van der Waals surface area contributed by atoms with Gasteiger partial charge in [-0.25, -0.2) is 9.59 Å². The third-order valence-corrected chi connectivity index (χ3v) is 4.84. The van der Waals surface area contributed by atoms with Crippen molar-refractivity contribution in [1.82, 2.24) is 9.97 Å². The van der Waals surface area contributed by atoms with E-state index in [2.05, 4.69) is 9.97 Å². The Bertz CT molecular complexity index is 750. The summed E-state index contributed by atoms with van der Waals surface area (Å²) < 4.78 is 0. The maximum Gasteiger partial charge on any atom is 0.352 e. The van der Waals surface area contributed by atoms with Gasteiger partial charge >= 0.3 is 11.9 Å². The molecule has 2 aromatic heterocycles. The highest BCUT2D eigenvalue weighted by Crippen LogP contribution is 2.34. The number of carboxylic acids is 2. The van der Waals surface area contributed by atoms with Gasteiger partial charge < -0.3 is 25.3 Å². The average molecular weight is 348 g/mol. The molecule has 0 atom stereocenters. The van der Waals surface area contributed by atoms with E-state index in [1.165, 1.54) is 0 Å². The van der Waals surface area contributed by atoms with Crippen LogP contribution < -0.4 is 0 Å². The van der Waals surface area contributed by atoms with Crippen molar-refractivity contribution < 1.29 is 24.9 Å². The van der Waals surface area contributed by atoms with Gasteiger partial charge in [0, 0.05) is 11.4 Å². The molecule has 2 rings (SSSR count). The molecule has 0 aliphatic carbocycles. The van der Waals surface area contributed by atoms with Gasteiger partial charge in [-0.2, -0.15) is 0 Å². The van der Waals surface area contributed by atoms with E-state index in [0.717, 1.165) is 11.1 Å². The first-order chi connectivity index (χ1) is 11.8. The minimum Gasteiger partial charge on any atom is -0.477 e. The van der Waals surface area contributed by atoms with E-state index >= 15 is 0 Å². The fourth-order valence-corrected chi connectivity index (χ4v) is 3.57. The lowest BCUT2D eigenvalue weighted by Crippen LogP contribution is -2.12. The number of aromatic nitrogens is 2. The number of rotatable bonds is 7. The van der Waals surface area contributed by atoms with Gasteiger partial charge in [-0.3, -0.25) is 0 Å². The zero-order chi connectivity index (χ0) is 18.9. The highest BCUT2D eigenvalue weighted by atomic mass is 16.4. The zero-order valence-electron chi connectivity index (χ0n) is 14.9. The van der Waals surface area contributed by atoms with Crippen LogP contribution in [0.2, 0.25) is 0 Å². The summed E-state index contributed by atoms with van der Waals surface area (Å²) in [7, 11) is 0. The van der Waals surface area contributed by atoms with Crippen molar-refractivity contribution in [3.05, 3.63) is 45.0 Å². The number of hydrogen-bond donors (Lipinski definition) is 5. The Morgan fingerprint density at radius 1 is 0.880 bits per heavy atom. The molecule has 0 bridgehead atoms. The van der Waals surface area contributed by atoms with Gasteiger partial charge in [0.05, 0.1) is 12.5 Å². The van der Waals surface area contributed by atoms with E-state index in [0.29, 0.717) is 35.4 Å². The molecule has 0 fully saturated rings. The van der Waals surface area contributed by atoms with Gasteiger partial charge in [0.15, 0.2) is 0 Å². The topological polar surface area (TPSA) is 126 Å². The molecule has 0 radical (unpaired) electrons. The monoisotopic (exact) mass is 348 g/mol. The Morgan fingerprint density at radius 2 is 1.24 bits per heavy atom. The number of nitrogens with one attached hydrogen (secondary N) is 2. The van der Waals surface area contributed by atoms with E-state index in [4.69, 9.17) is 0 Å². The molecular formula is C18H24N2O5. The predicted molar refractivity (Wildman–Crippen MR) is 92.7 cm³/mol. The molecule has 0 saturated carbocycles. The van der Waals surface area contributed by atoms with E-state index < -0.39 is 17.9 Å². The molecule has 0 saturated heterocycles. The number of aliphatic hydroxyl groups is 1. The zero-order valence-corrected chi connectivity index (χ0v) is 14.9. The van der Waals surface area contributed by atoms with Crippen molar-refractivity contribution in [3.8, 4) is 0 Å². The van der Waals surface area contributed by atoms with Gasteiger partial charge in [0.1, 0.15) is 11.4 Å². The Labute approximate surface area is 145 Å². The Kier molecular flexibility index (Phi) is 5.37. The Balaban J connectivity index is 2.70. The van der Waals surface area contributed by atoms with Crippen LogP contribution in [0.25, 0.3) is 0 Å². The fraction of sp³-hybridized carbons (Fsp3) is 0.444. The lowest BCUT2D eigenvalue weighted by molar-refractivity contribution is 0.0679. The van der Waals surface area contributed by atoms with E-state index in [1.54, 1.807) is 13.8 Å². The summed E-state index contributed by atoms with van der Waals surface area (Å²) in [6.07, 6.45) is 1.21. The maximum absolute atomic E-state index is 11.4. The van der Waals surface area contributed by atoms with E-state index in [9.17, 15) is 24.9 Å². The minimum absolute atomic E-state index is 0.102. The highest BCUT2D eigenvalue weighted by molar-refractivity contribution is 5.89. The average Bonchev–Trinajstić information content (AvgIpc) is 3.06. The Morgan fingerprint density at radius 3 is 1.48 bits per heavy atom. The van der Waals surface area contributed by atoms with E-state index in [1.807, 2.05) is 13.8 Å². The first kappa shape index (κ1) is 18.8. The van der Waals surface area contributed by atoms with Crippen LogP contribution in [-0.2, 0) is 12.8 Å². The van der Waals surface area contributed by atoms with Gasteiger partial charge in [0.2, 0.25) is 0 Å². The lowest BCUT2D eigenvalue weighted by Gasteiger charge is -2.16. The fourth-order valence-electron chi connectivity index (χ4n) is 3.57. The molecule has 136 valence electrons. The molecule has 0 aromatic carbocycles. The quantitative estimate of drug-likeness (QED) is 0.526. The smallest absolute Gasteiger partial charge is 0.352 e. The molecule has 0 aliphatic rings. The molecule has 7 nitrogen and oxygen atoms in total. The van der Waals surface area contributed by atoms with Crippen LogP contribution in [-0.4, -0.2) is 43.8 Å². The van der Waals surface area contributed by atoms with Gasteiger partial charge in [-0.05, 0) is 48.9 Å². The molecule has 0 amide bonds. The molecule has 7 heteroatoms. The summed E-state index contributed by atoms with van der Waals surface area (Å²) in [5.41, 5.74) is 4.40. The number of H-pyrrole nitrogens is 2. The third kappa shape index (κ3) is 3.07. The van der Waals surface area contributed by atoms with Crippen molar-refractivity contribution in [1.29, 1.82) is 0 Å². The number of aromatic amines is 2. The van der Waals surface area contributed by atoms with Crippen molar-refractivity contribution >= 4 is 11.9 Å². The van der Waals surface area contributed by atoms with Crippen molar-refractivity contribution in [2.24, 2.45) is 0 Å². The lowest BCUT2D eigenvalue weighted by atomic mass is 9.92. The maximum atomic E-state index is 11.4. The van der Waals surface area contributed by atoms with Gasteiger partial charge in [-0.1, -0.05) is 13.8 Å². The number of aromatic carboxylic acids is 2. The summed E-state index contributed by atoms with van der Waals surface area (Å²) in [6, 6.07) is 0. The molecule has 0 unspecified atom stereocenters. The van der Waals surface area contributed by atoms with Crippen LogP contribution in [0.3, 0.4) is 0 Å². The summed E-state index contributed by atoms with van der Waals surface area (Å²) >= 11 is 0.